The smallest absolute Gasteiger partial charge is 0.150 e. The van der Waals surface area contributed by atoms with Crippen molar-refractivity contribution in [3.63, 3.8) is 0 Å². The summed E-state index contributed by atoms with van der Waals surface area (Å²) in [5.41, 5.74) is 2.49. The Morgan fingerprint density at radius 2 is 1.94 bits per heavy atom. The first-order valence-electron chi connectivity index (χ1n) is 5.49. The van der Waals surface area contributed by atoms with Gasteiger partial charge in [0.15, 0.2) is 0 Å². The molecule has 2 aromatic carbocycles. The van der Waals surface area contributed by atoms with Crippen LogP contribution in [0, 0.1) is 11.3 Å². The van der Waals surface area contributed by atoms with Crippen LogP contribution >= 0.6 is 11.8 Å². The van der Waals surface area contributed by atoms with E-state index in [-0.39, 0.29) is 0 Å². The van der Waals surface area contributed by atoms with Crippen LogP contribution in [0.25, 0.3) is 0 Å². The Hall–Kier alpha value is -2.05. The zero-order chi connectivity index (χ0) is 12.8. The molecule has 2 aromatic rings. The average Bonchev–Trinajstić information content (AvgIpc) is 2.46. The van der Waals surface area contributed by atoms with Gasteiger partial charge in [0, 0.05) is 16.2 Å². The van der Waals surface area contributed by atoms with E-state index in [0.29, 0.717) is 11.1 Å². The summed E-state index contributed by atoms with van der Waals surface area (Å²) in [5, 5.41) is 8.82. The predicted octanol–water partition coefficient (Wildman–Crippen LogP) is 3.66. The molecular formula is C15H11NOS. The summed E-state index contributed by atoms with van der Waals surface area (Å²) in [6.45, 7) is 0. The molecule has 0 heterocycles. The van der Waals surface area contributed by atoms with Crippen molar-refractivity contribution in [3.05, 3.63) is 65.2 Å². The maximum Gasteiger partial charge on any atom is 0.150 e. The molecule has 0 aliphatic rings. The highest BCUT2D eigenvalue weighted by molar-refractivity contribution is 7.98. The first-order chi connectivity index (χ1) is 8.81. The molecule has 18 heavy (non-hydrogen) atoms. The van der Waals surface area contributed by atoms with Crippen molar-refractivity contribution in [1.82, 2.24) is 0 Å². The van der Waals surface area contributed by atoms with Crippen molar-refractivity contribution in [3.8, 4) is 6.07 Å². The topological polar surface area (TPSA) is 40.9 Å². The zero-order valence-electron chi connectivity index (χ0n) is 9.67. The number of thioether (sulfide) groups is 1. The van der Waals surface area contributed by atoms with Crippen molar-refractivity contribution in [2.24, 2.45) is 0 Å². The van der Waals surface area contributed by atoms with Crippen LogP contribution in [-0.4, -0.2) is 6.29 Å². The van der Waals surface area contributed by atoms with Crippen molar-refractivity contribution < 1.29 is 4.79 Å². The molecule has 0 N–H and O–H groups in total. The number of benzene rings is 2. The Bertz CT molecular complexity index is 584. The fourth-order valence-electron chi connectivity index (χ4n) is 1.54. The van der Waals surface area contributed by atoms with Crippen molar-refractivity contribution in [1.29, 1.82) is 5.26 Å². The molecule has 0 atom stereocenters. The average molecular weight is 253 g/mol. The summed E-state index contributed by atoms with van der Waals surface area (Å²) >= 11 is 1.69. The lowest BCUT2D eigenvalue weighted by Crippen LogP contribution is -1.83. The number of hydrogen-bond acceptors (Lipinski definition) is 3. The molecule has 0 saturated heterocycles. The van der Waals surface area contributed by atoms with Gasteiger partial charge in [-0.2, -0.15) is 5.26 Å². The van der Waals surface area contributed by atoms with Gasteiger partial charge in [-0.1, -0.05) is 24.3 Å². The fourth-order valence-corrected chi connectivity index (χ4v) is 2.38. The van der Waals surface area contributed by atoms with Crippen LogP contribution in [-0.2, 0) is 5.75 Å². The summed E-state index contributed by atoms with van der Waals surface area (Å²) in [5.74, 6) is 0.815. The van der Waals surface area contributed by atoms with E-state index < -0.39 is 0 Å². The molecule has 2 rings (SSSR count). The van der Waals surface area contributed by atoms with E-state index >= 15 is 0 Å². The Morgan fingerprint density at radius 1 is 1.17 bits per heavy atom. The predicted molar refractivity (Wildman–Crippen MR) is 72.5 cm³/mol. The standard InChI is InChI=1S/C15H11NOS/c16-9-13-2-1-3-14(8-13)11-18-15-6-4-12(10-17)5-7-15/h1-8,10H,11H2. The molecule has 0 saturated carbocycles. The highest BCUT2D eigenvalue weighted by Crippen LogP contribution is 2.23. The first kappa shape index (κ1) is 12.4. The Kier molecular flexibility index (Phi) is 4.16. The van der Waals surface area contributed by atoms with E-state index in [9.17, 15) is 4.79 Å². The molecule has 2 nitrogen and oxygen atoms in total. The minimum Gasteiger partial charge on any atom is -0.298 e. The largest absolute Gasteiger partial charge is 0.298 e. The number of carbonyl (C=O) groups excluding carboxylic acids is 1. The second-order valence-electron chi connectivity index (χ2n) is 3.79. The van der Waals surface area contributed by atoms with Crippen LogP contribution in [0.2, 0.25) is 0 Å². The van der Waals surface area contributed by atoms with Gasteiger partial charge in [-0.15, -0.1) is 11.8 Å². The molecule has 88 valence electrons. The molecule has 0 aliphatic heterocycles. The molecule has 0 unspecified atom stereocenters. The van der Waals surface area contributed by atoms with Gasteiger partial charge < -0.3 is 0 Å². The quantitative estimate of drug-likeness (QED) is 0.616. The van der Waals surface area contributed by atoms with Crippen molar-refractivity contribution in [2.75, 3.05) is 0 Å². The van der Waals surface area contributed by atoms with Crippen LogP contribution in [0.3, 0.4) is 0 Å². The summed E-state index contributed by atoms with van der Waals surface area (Å²) < 4.78 is 0. The third-order valence-corrected chi connectivity index (χ3v) is 3.56. The van der Waals surface area contributed by atoms with Crippen LogP contribution in [0.4, 0.5) is 0 Å². The highest BCUT2D eigenvalue weighted by atomic mass is 32.2. The van der Waals surface area contributed by atoms with Gasteiger partial charge in [-0.25, -0.2) is 0 Å². The molecule has 0 spiro atoms. The fraction of sp³-hybridized carbons (Fsp3) is 0.0667. The summed E-state index contributed by atoms with van der Waals surface area (Å²) in [7, 11) is 0. The number of nitrogens with zero attached hydrogens (tertiary/aromatic N) is 1. The number of carbonyl (C=O) groups is 1. The van der Waals surface area contributed by atoms with E-state index in [2.05, 4.69) is 6.07 Å². The van der Waals surface area contributed by atoms with Crippen LogP contribution in [0.1, 0.15) is 21.5 Å². The molecular weight excluding hydrogens is 242 g/mol. The van der Waals surface area contributed by atoms with Crippen LogP contribution < -0.4 is 0 Å². The molecule has 0 aliphatic carbocycles. The van der Waals surface area contributed by atoms with Gasteiger partial charge >= 0.3 is 0 Å². The molecule has 3 heteroatoms. The SMILES string of the molecule is N#Cc1cccc(CSc2ccc(C=O)cc2)c1. The maximum atomic E-state index is 10.5. The van der Waals surface area contributed by atoms with Gasteiger partial charge in [0.05, 0.1) is 11.6 Å². The second-order valence-corrected chi connectivity index (χ2v) is 4.84. The van der Waals surface area contributed by atoms with E-state index in [1.54, 1.807) is 30.0 Å². The van der Waals surface area contributed by atoms with Gasteiger partial charge in [0.25, 0.3) is 0 Å². The molecule has 0 amide bonds. The van der Waals surface area contributed by atoms with E-state index in [4.69, 9.17) is 5.26 Å². The minimum atomic E-state index is 0.685. The van der Waals surface area contributed by atoms with E-state index in [0.717, 1.165) is 22.5 Å². The van der Waals surface area contributed by atoms with Gasteiger partial charge in [-0.05, 0) is 29.8 Å². The Balaban J connectivity index is 2.02. The second kappa shape index (κ2) is 6.04. The third-order valence-electron chi connectivity index (χ3n) is 2.48. The number of nitriles is 1. The lowest BCUT2D eigenvalue weighted by molar-refractivity contribution is 0.112. The van der Waals surface area contributed by atoms with Crippen molar-refractivity contribution in [2.45, 2.75) is 10.6 Å². The lowest BCUT2D eigenvalue weighted by atomic mass is 10.2. The highest BCUT2D eigenvalue weighted by Gasteiger charge is 1.98. The molecule has 0 aromatic heterocycles. The number of aldehydes is 1. The maximum absolute atomic E-state index is 10.5. The number of rotatable bonds is 4. The van der Waals surface area contributed by atoms with Gasteiger partial charge in [0.2, 0.25) is 0 Å². The van der Waals surface area contributed by atoms with Crippen LogP contribution in [0.15, 0.2) is 53.4 Å². The Morgan fingerprint density at radius 3 is 2.61 bits per heavy atom. The Labute approximate surface area is 110 Å². The minimum absolute atomic E-state index is 0.685. The van der Waals surface area contributed by atoms with Gasteiger partial charge in [-0.3, -0.25) is 4.79 Å². The summed E-state index contributed by atoms with van der Waals surface area (Å²) in [4.78, 5) is 11.6. The molecule has 0 bridgehead atoms. The zero-order valence-corrected chi connectivity index (χ0v) is 10.5. The summed E-state index contributed by atoms with van der Waals surface area (Å²) in [6, 6.07) is 17.2. The first-order valence-corrected chi connectivity index (χ1v) is 6.47. The molecule has 0 fully saturated rings. The van der Waals surface area contributed by atoms with E-state index in [1.807, 2.05) is 30.3 Å². The van der Waals surface area contributed by atoms with Crippen molar-refractivity contribution >= 4 is 18.0 Å². The number of hydrogen-bond donors (Lipinski definition) is 0. The van der Waals surface area contributed by atoms with Gasteiger partial charge in [0.1, 0.15) is 6.29 Å². The summed E-state index contributed by atoms with van der Waals surface area (Å²) in [6.07, 6.45) is 0.838. The third kappa shape index (κ3) is 3.22. The normalized spacial score (nSPS) is 9.72. The lowest BCUT2D eigenvalue weighted by Gasteiger charge is -2.02. The monoisotopic (exact) mass is 253 g/mol. The van der Waals surface area contributed by atoms with E-state index in [1.165, 1.54) is 0 Å². The molecule has 0 radical (unpaired) electrons. The van der Waals surface area contributed by atoms with Crippen LogP contribution in [0.5, 0.6) is 0 Å².